The first kappa shape index (κ1) is 17.5. The third-order valence-corrected chi connectivity index (χ3v) is 5.50. The van der Waals surface area contributed by atoms with Gasteiger partial charge < -0.3 is 25.2 Å². The molecule has 28 heavy (non-hydrogen) atoms. The van der Waals surface area contributed by atoms with Crippen LogP contribution in [0.5, 0.6) is 0 Å². The number of hydrogen-bond acceptors (Lipinski definition) is 8. The highest BCUT2D eigenvalue weighted by Crippen LogP contribution is 2.37. The highest BCUT2D eigenvalue weighted by Gasteiger charge is 2.44. The van der Waals surface area contributed by atoms with Gasteiger partial charge in [-0.05, 0) is 25.1 Å². The Kier molecular flexibility index (Phi) is 4.24. The summed E-state index contributed by atoms with van der Waals surface area (Å²) in [5.74, 6) is 0.730. The van der Waals surface area contributed by atoms with Gasteiger partial charge in [-0.1, -0.05) is 18.2 Å². The lowest BCUT2D eigenvalue weighted by atomic mass is 10.1. The van der Waals surface area contributed by atoms with E-state index in [-0.39, 0.29) is 0 Å². The first-order valence-electron chi connectivity index (χ1n) is 9.38. The summed E-state index contributed by atoms with van der Waals surface area (Å²) in [5.41, 5.74) is 3.61. The second kappa shape index (κ2) is 6.78. The lowest BCUT2D eigenvalue weighted by molar-refractivity contribution is -0.0337. The number of aliphatic hydroxyl groups is 2. The van der Waals surface area contributed by atoms with Gasteiger partial charge in [-0.2, -0.15) is 0 Å². The zero-order chi connectivity index (χ0) is 19.3. The molecule has 4 heterocycles. The number of fused-ring (bicyclic) bond motifs is 2. The molecular weight excluding hydrogens is 360 g/mol. The molecule has 146 valence electrons. The van der Waals surface area contributed by atoms with Crippen molar-refractivity contribution in [3.05, 3.63) is 42.5 Å². The Hall–Kier alpha value is -2.59. The average molecular weight is 382 g/mol. The van der Waals surface area contributed by atoms with E-state index in [1.165, 1.54) is 11.9 Å². The van der Waals surface area contributed by atoms with E-state index in [2.05, 4.69) is 37.3 Å². The first-order chi connectivity index (χ1) is 13.7. The molecule has 3 aromatic rings. The predicted octanol–water partition coefficient (Wildman–Crippen LogP) is 0.359. The summed E-state index contributed by atoms with van der Waals surface area (Å²) in [7, 11) is 1.77. The van der Waals surface area contributed by atoms with E-state index in [1.54, 1.807) is 17.9 Å². The fourth-order valence-corrected chi connectivity index (χ4v) is 4.11. The summed E-state index contributed by atoms with van der Waals surface area (Å²) in [6.45, 7) is 1.26. The molecule has 2 aliphatic heterocycles. The number of likely N-dealkylation sites (N-methyl/N-ethyl adjacent to an activating group) is 1. The fraction of sp³-hybridized carbons (Fsp3) is 0.421. The Bertz CT molecular complexity index is 1010. The Morgan fingerprint density at radius 3 is 2.89 bits per heavy atom. The van der Waals surface area contributed by atoms with Crippen molar-refractivity contribution < 1.29 is 14.9 Å². The number of hydrogen-bond donors (Lipinski definition) is 3. The Morgan fingerprint density at radius 1 is 1.18 bits per heavy atom. The van der Waals surface area contributed by atoms with Gasteiger partial charge in [-0.15, -0.1) is 0 Å². The van der Waals surface area contributed by atoms with Crippen LogP contribution in [0.25, 0.3) is 11.2 Å². The molecule has 4 atom stereocenters. The molecule has 0 unspecified atom stereocenters. The number of ether oxygens (including phenoxy) is 1. The third kappa shape index (κ3) is 2.59. The van der Waals surface area contributed by atoms with Crippen molar-refractivity contribution in [2.75, 3.05) is 25.0 Å². The van der Waals surface area contributed by atoms with Gasteiger partial charge in [0, 0.05) is 18.8 Å². The number of benzene rings is 1. The topological polar surface area (TPSA) is 109 Å². The predicted molar refractivity (Wildman–Crippen MR) is 102 cm³/mol. The Labute approximate surface area is 161 Å². The summed E-state index contributed by atoms with van der Waals surface area (Å²) < 4.78 is 7.56. The molecule has 0 amide bonds. The summed E-state index contributed by atoms with van der Waals surface area (Å²) in [4.78, 5) is 15.5. The van der Waals surface area contributed by atoms with Crippen molar-refractivity contribution in [2.24, 2.45) is 0 Å². The molecule has 9 nitrogen and oxygen atoms in total. The molecule has 2 aromatic heterocycles. The first-order valence-corrected chi connectivity index (χ1v) is 9.38. The van der Waals surface area contributed by atoms with Crippen molar-refractivity contribution in [3.63, 3.8) is 0 Å². The van der Waals surface area contributed by atoms with Crippen LogP contribution >= 0.6 is 0 Å². The molecule has 5 rings (SSSR count). The van der Waals surface area contributed by atoms with Crippen molar-refractivity contribution in [2.45, 2.75) is 31.0 Å². The molecule has 9 heteroatoms. The molecule has 0 radical (unpaired) electrons. The van der Waals surface area contributed by atoms with Gasteiger partial charge in [0.15, 0.2) is 23.2 Å². The molecular formula is C19H22N6O3. The van der Waals surface area contributed by atoms with E-state index >= 15 is 0 Å². The molecule has 1 aromatic carbocycles. The molecule has 1 fully saturated rings. The number of nitrogens with one attached hydrogen (secondary N) is 1. The molecule has 2 aliphatic rings. The quantitative estimate of drug-likeness (QED) is 0.594. The highest BCUT2D eigenvalue weighted by atomic mass is 16.6. The molecule has 3 N–H and O–H groups in total. The third-order valence-electron chi connectivity index (χ3n) is 5.50. The van der Waals surface area contributed by atoms with Crippen molar-refractivity contribution in [3.8, 4) is 0 Å². The lowest BCUT2D eigenvalue weighted by Crippen LogP contribution is -2.36. The summed E-state index contributed by atoms with van der Waals surface area (Å²) >= 11 is 0. The minimum atomic E-state index is -1.07. The van der Waals surface area contributed by atoms with Crippen LogP contribution in [-0.4, -0.2) is 68.2 Å². The smallest absolute Gasteiger partial charge is 0.167 e. The maximum Gasteiger partial charge on any atom is 0.167 e. The largest absolute Gasteiger partial charge is 0.387 e. The highest BCUT2D eigenvalue weighted by molar-refractivity contribution is 5.87. The van der Waals surface area contributed by atoms with Crippen molar-refractivity contribution in [1.29, 1.82) is 0 Å². The van der Waals surface area contributed by atoms with Gasteiger partial charge in [0.25, 0.3) is 0 Å². The summed E-state index contributed by atoms with van der Waals surface area (Å²) in [5, 5.41) is 23.7. The molecule has 0 aliphatic carbocycles. The number of nitrogens with zero attached hydrogens (tertiary/aromatic N) is 5. The number of anilines is 2. The minimum absolute atomic E-state index is 0.437. The van der Waals surface area contributed by atoms with Crippen LogP contribution in [0.3, 0.4) is 0 Å². The fourth-order valence-electron chi connectivity index (χ4n) is 4.11. The number of rotatable bonds is 4. The monoisotopic (exact) mass is 382 g/mol. The van der Waals surface area contributed by atoms with E-state index in [0.717, 1.165) is 24.5 Å². The number of imidazole rings is 1. The van der Waals surface area contributed by atoms with Gasteiger partial charge in [-0.3, -0.25) is 4.57 Å². The van der Waals surface area contributed by atoms with E-state index < -0.39 is 24.5 Å². The number of aliphatic hydroxyl groups excluding tert-OH is 2. The van der Waals surface area contributed by atoms with Gasteiger partial charge >= 0.3 is 0 Å². The summed E-state index contributed by atoms with van der Waals surface area (Å²) in [6.07, 6.45) is 0.724. The maximum atomic E-state index is 10.5. The van der Waals surface area contributed by atoms with Gasteiger partial charge in [0.05, 0.1) is 6.33 Å². The average Bonchev–Trinajstić information content (AvgIpc) is 3.40. The van der Waals surface area contributed by atoms with Crippen LogP contribution in [-0.2, 0) is 11.2 Å². The van der Waals surface area contributed by atoms with Crippen LogP contribution in [0, 0.1) is 0 Å². The summed E-state index contributed by atoms with van der Waals surface area (Å²) in [6, 6.07) is 8.26. The molecule has 0 saturated carbocycles. The van der Waals surface area contributed by atoms with Crippen molar-refractivity contribution in [1.82, 2.24) is 24.8 Å². The Balaban J connectivity index is 1.54. The zero-order valence-electron chi connectivity index (χ0n) is 15.4. The van der Waals surface area contributed by atoms with Crippen molar-refractivity contribution >= 4 is 22.7 Å². The van der Waals surface area contributed by atoms with Crippen LogP contribution in [0.15, 0.2) is 36.9 Å². The standard InChI is InChI=1S/C19H22N6O3/c1-20-8-13-15(26)16(27)19(28-13)25-10-23-14-17(21-9-22-18(14)25)24-7-6-11-4-2-3-5-12(11)24/h2-5,9-10,13,15-16,19-20,26-27H,6-8H2,1H3/t13-,15-,16-,19-/m1/s1. The van der Waals surface area contributed by atoms with Gasteiger partial charge in [-0.25, -0.2) is 15.0 Å². The SMILES string of the molecule is CNC[C@H]1O[C@@H](n2cnc3c(N4CCc5ccccc54)ncnc32)[C@H](O)[C@@H]1O. The number of aromatic nitrogens is 4. The second-order valence-corrected chi connectivity index (χ2v) is 7.16. The molecule has 0 spiro atoms. The van der Waals surface area contributed by atoms with E-state index in [9.17, 15) is 10.2 Å². The Morgan fingerprint density at radius 2 is 2.04 bits per heavy atom. The van der Waals surface area contributed by atoms with Gasteiger partial charge in [0.2, 0.25) is 0 Å². The number of para-hydroxylation sites is 1. The molecule has 1 saturated heterocycles. The van der Waals surface area contributed by atoms with Crippen LogP contribution in [0.4, 0.5) is 11.5 Å². The normalized spacial score (nSPS) is 26.9. The second-order valence-electron chi connectivity index (χ2n) is 7.16. The maximum absolute atomic E-state index is 10.5. The van der Waals surface area contributed by atoms with Crippen LogP contribution < -0.4 is 10.2 Å². The minimum Gasteiger partial charge on any atom is -0.387 e. The van der Waals surface area contributed by atoms with Crippen LogP contribution in [0.2, 0.25) is 0 Å². The van der Waals surface area contributed by atoms with E-state index in [0.29, 0.717) is 17.7 Å². The lowest BCUT2D eigenvalue weighted by Gasteiger charge is -2.19. The van der Waals surface area contributed by atoms with Gasteiger partial charge in [0.1, 0.15) is 24.6 Å². The van der Waals surface area contributed by atoms with E-state index in [1.807, 2.05) is 12.1 Å². The van der Waals surface area contributed by atoms with Crippen LogP contribution in [0.1, 0.15) is 11.8 Å². The molecule has 0 bridgehead atoms. The van der Waals surface area contributed by atoms with E-state index in [4.69, 9.17) is 4.74 Å². The zero-order valence-corrected chi connectivity index (χ0v) is 15.4.